The molecule has 0 radical (unpaired) electrons. The Labute approximate surface area is 163 Å². The maximum Gasteiger partial charge on any atom is 0.163 e. The summed E-state index contributed by atoms with van der Waals surface area (Å²) < 4.78 is 0. The first kappa shape index (κ1) is 19.1. The minimum absolute atomic E-state index is 0.0266. The SMILES string of the molecule is CC(C)(C)[C@H](c1ccccc1)[C@@H](CC(=O)c1ccccc1)c1ccccc1. The first-order valence-electron chi connectivity index (χ1n) is 9.65. The highest BCUT2D eigenvalue weighted by atomic mass is 16.1. The Morgan fingerprint density at radius 1 is 0.704 bits per heavy atom. The van der Waals surface area contributed by atoms with E-state index in [0.29, 0.717) is 6.42 Å². The molecule has 0 fully saturated rings. The van der Waals surface area contributed by atoms with Crippen LogP contribution in [0.15, 0.2) is 91.0 Å². The number of ketones is 1. The number of hydrogen-bond donors (Lipinski definition) is 0. The summed E-state index contributed by atoms with van der Waals surface area (Å²) in [7, 11) is 0. The average Bonchev–Trinajstić information content (AvgIpc) is 2.68. The van der Waals surface area contributed by atoms with Gasteiger partial charge in [-0.05, 0) is 28.4 Å². The van der Waals surface area contributed by atoms with Crippen LogP contribution in [-0.2, 0) is 0 Å². The van der Waals surface area contributed by atoms with Crippen LogP contribution in [0.4, 0.5) is 0 Å². The van der Waals surface area contributed by atoms with Crippen molar-refractivity contribution in [1.82, 2.24) is 0 Å². The monoisotopic (exact) mass is 356 g/mol. The van der Waals surface area contributed by atoms with Crippen LogP contribution in [0.5, 0.6) is 0 Å². The third-order valence-corrected chi connectivity index (χ3v) is 5.22. The van der Waals surface area contributed by atoms with Crippen molar-refractivity contribution >= 4 is 5.78 Å². The van der Waals surface area contributed by atoms with Gasteiger partial charge < -0.3 is 0 Å². The van der Waals surface area contributed by atoms with Crippen molar-refractivity contribution in [1.29, 1.82) is 0 Å². The van der Waals surface area contributed by atoms with Crippen molar-refractivity contribution < 1.29 is 4.79 Å². The zero-order chi connectivity index (χ0) is 19.3. The van der Waals surface area contributed by atoms with Crippen molar-refractivity contribution in [3.63, 3.8) is 0 Å². The largest absolute Gasteiger partial charge is 0.294 e. The Kier molecular flexibility index (Phi) is 5.91. The fourth-order valence-corrected chi connectivity index (χ4v) is 4.07. The molecule has 0 amide bonds. The minimum Gasteiger partial charge on any atom is -0.294 e. The van der Waals surface area contributed by atoms with E-state index < -0.39 is 0 Å². The van der Waals surface area contributed by atoms with Gasteiger partial charge in [0.1, 0.15) is 0 Å². The van der Waals surface area contributed by atoms with E-state index in [1.54, 1.807) is 0 Å². The van der Waals surface area contributed by atoms with Gasteiger partial charge in [0.05, 0.1) is 0 Å². The molecular formula is C26H28O. The quantitative estimate of drug-likeness (QED) is 0.440. The lowest BCUT2D eigenvalue weighted by Gasteiger charge is -2.38. The highest BCUT2D eigenvalue weighted by Gasteiger charge is 2.35. The Morgan fingerprint density at radius 2 is 1.15 bits per heavy atom. The average molecular weight is 357 g/mol. The summed E-state index contributed by atoms with van der Waals surface area (Å²) in [5, 5.41) is 0. The van der Waals surface area contributed by atoms with Crippen LogP contribution in [-0.4, -0.2) is 5.78 Å². The minimum atomic E-state index is 0.0266. The molecule has 0 N–H and O–H groups in total. The second-order valence-corrected chi connectivity index (χ2v) is 8.26. The second kappa shape index (κ2) is 8.35. The Balaban J connectivity index is 2.04. The maximum atomic E-state index is 13.1. The standard InChI is InChI=1S/C26H28O/c1-26(2,3)25(22-17-11-6-12-18-22)23(20-13-7-4-8-14-20)19-24(27)21-15-9-5-10-16-21/h4-18,23,25H,19H2,1-3H3/t23-,25+/m0/s1. The Morgan fingerprint density at radius 3 is 1.63 bits per heavy atom. The molecule has 0 aliphatic carbocycles. The molecule has 0 aliphatic heterocycles. The van der Waals surface area contributed by atoms with Crippen LogP contribution in [0.2, 0.25) is 0 Å². The molecule has 0 saturated heterocycles. The molecule has 0 aliphatic rings. The van der Waals surface area contributed by atoms with Crippen molar-refractivity contribution in [3.8, 4) is 0 Å². The van der Waals surface area contributed by atoms with E-state index in [0.717, 1.165) is 5.56 Å². The Bertz CT molecular complexity index is 845. The number of carbonyl (C=O) groups excluding carboxylic acids is 1. The molecule has 2 atom stereocenters. The normalized spacial score (nSPS) is 13.7. The van der Waals surface area contributed by atoms with E-state index in [2.05, 4.69) is 75.4 Å². The summed E-state index contributed by atoms with van der Waals surface area (Å²) in [6, 6.07) is 30.8. The summed E-state index contributed by atoms with van der Waals surface area (Å²) in [5.41, 5.74) is 3.34. The lowest BCUT2D eigenvalue weighted by Crippen LogP contribution is -2.27. The molecule has 3 aromatic carbocycles. The van der Waals surface area contributed by atoms with Crippen molar-refractivity contribution in [2.45, 2.75) is 39.0 Å². The van der Waals surface area contributed by atoms with E-state index in [1.807, 2.05) is 36.4 Å². The van der Waals surface area contributed by atoms with Gasteiger partial charge in [-0.1, -0.05) is 112 Å². The van der Waals surface area contributed by atoms with Crippen molar-refractivity contribution in [2.75, 3.05) is 0 Å². The van der Waals surface area contributed by atoms with E-state index in [9.17, 15) is 4.79 Å². The molecule has 3 rings (SSSR count). The van der Waals surface area contributed by atoms with Crippen molar-refractivity contribution in [2.24, 2.45) is 5.41 Å². The molecule has 138 valence electrons. The molecule has 1 nitrogen and oxygen atoms in total. The van der Waals surface area contributed by atoms with Gasteiger partial charge in [-0.3, -0.25) is 4.79 Å². The predicted octanol–water partition coefficient (Wildman–Crippen LogP) is 6.87. The number of carbonyl (C=O) groups is 1. The van der Waals surface area contributed by atoms with Gasteiger partial charge >= 0.3 is 0 Å². The molecule has 0 unspecified atom stereocenters. The summed E-state index contributed by atoms with van der Waals surface area (Å²) in [6.07, 6.45) is 0.505. The van der Waals surface area contributed by atoms with Crippen LogP contribution in [0, 0.1) is 5.41 Å². The smallest absolute Gasteiger partial charge is 0.163 e. The molecule has 0 heterocycles. The fraction of sp³-hybridized carbons (Fsp3) is 0.269. The van der Waals surface area contributed by atoms with E-state index in [4.69, 9.17) is 0 Å². The molecule has 3 aromatic rings. The predicted molar refractivity (Wildman–Crippen MR) is 113 cm³/mol. The Hall–Kier alpha value is -2.67. The summed E-state index contributed by atoms with van der Waals surface area (Å²) in [4.78, 5) is 13.1. The lowest BCUT2D eigenvalue weighted by molar-refractivity contribution is 0.0960. The van der Waals surface area contributed by atoms with Crippen LogP contribution < -0.4 is 0 Å². The molecule has 0 bridgehead atoms. The van der Waals surface area contributed by atoms with Crippen molar-refractivity contribution in [3.05, 3.63) is 108 Å². The molecular weight excluding hydrogens is 328 g/mol. The van der Waals surface area contributed by atoms with Gasteiger partial charge in [-0.15, -0.1) is 0 Å². The topological polar surface area (TPSA) is 17.1 Å². The maximum absolute atomic E-state index is 13.1. The molecule has 0 saturated carbocycles. The van der Waals surface area contributed by atoms with Gasteiger partial charge in [0.15, 0.2) is 5.78 Å². The first-order valence-corrected chi connectivity index (χ1v) is 9.65. The number of Topliss-reactive ketones (excluding diaryl/α,β-unsaturated/α-hetero) is 1. The van der Waals surface area contributed by atoms with Gasteiger partial charge in [-0.25, -0.2) is 0 Å². The van der Waals surface area contributed by atoms with Gasteiger partial charge in [0.25, 0.3) is 0 Å². The number of hydrogen-bond acceptors (Lipinski definition) is 1. The number of rotatable bonds is 6. The zero-order valence-corrected chi connectivity index (χ0v) is 16.4. The lowest BCUT2D eigenvalue weighted by atomic mass is 9.66. The van der Waals surface area contributed by atoms with E-state index in [-0.39, 0.29) is 23.0 Å². The summed E-state index contributed by atoms with van der Waals surface area (Å²) >= 11 is 0. The van der Waals surface area contributed by atoms with E-state index >= 15 is 0 Å². The first-order chi connectivity index (χ1) is 13.0. The highest BCUT2D eigenvalue weighted by Crippen LogP contribution is 2.47. The second-order valence-electron chi connectivity index (χ2n) is 8.26. The zero-order valence-electron chi connectivity index (χ0n) is 16.4. The van der Waals surface area contributed by atoms with Crippen LogP contribution >= 0.6 is 0 Å². The van der Waals surface area contributed by atoms with Crippen LogP contribution in [0.3, 0.4) is 0 Å². The molecule has 0 spiro atoms. The summed E-state index contributed by atoms with van der Waals surface area (Å²) in [6.45, 7) is 6.81. The fourth-order valence-electron chi connectivity index (χ4n) is 4.07. The van der Waals surface area contributed by atoms with Gasteiger partial charge in [-0.2, -0.15) is 0 Å². The van der Waals surface area contributed by atoms with Crippen LogP contribution in [0.25, 0.3) is 0 Å². The van der Waals surface area contributed by atoms with Gasteiger partial charge in [0.2, 0.25) is 0 Å². The number of benzene rings is 3. The molecule has 27 heavy (non-hydrogen) atoms. The molecule has 0 aromatic heterocycles. The summed E-state index contributed by atoms with van der Waals surface area (Å²) in [5.74, 6) is 0.574. The van der Waals surface area contributed by atoms with Gasteiger partial charge in [0, 0.05) is 12.0 Å². The molecule has 1 heteroatoms. The third-order valence-electron chi connectivity index (χ3n) is 5.22. The highest BCUT2D eigenvalue weighted by molar-refractivity contribution is 5.96. The van der Waals surface area contributed by atoms with E-state index in [1.165, 1.54) is 11.1 Å². The third kappa shape index (κ3) is 4.74. The van der Waals surface area contributed by atoms with Crippen LogP contribution in [0.1, 0.15) is 60.5 Å².